The van der Waals surface area contributed by atoms with Gasteiger partial charge in [-0.2, -0.15) is 0 Å². The van der Waals surface area contributed by atoms with Crippen LogP contribution < -0.4 is 5.32 Å². The number of methoxy groups -OCH3 is 1. The molecule has 0 unspecified atom stereocenters. The Hall–Kier alpha value is -2.52. The molecule has 0 atom stereocenters. The first-order valence-corrected chi connectivity index (χ1v) is 9.35. The topological polar surface area (TPSA) is 81.7 Å². The Bertz CT molecular complexity index is 975. The molecule has 28 heavy (non-hydrogen) atoms. The number of hydrogen-bond donors (Lipinski definition) is 1. The Balaban J connectivity index is 1.68. The Kier molecular flexibility index (Phi) is 5.95. The number of halogens is 3. The highest BCUT2D eigenvalue weighted by atomic mass is 35.5. The molecule has 1 N–H and O–H groups in total. The van der Waals surface area contributed by atoms with Crippen molar-refractivity contribution in [2.24, 2.45) is 0 Å². The fourth-order valence-corrected chi connectivity index (χ4v) is 4.38. The highest BCUT2D eigenvalue weighted by Crippen LogP contribution is 2.39. The molecule has 6 nitrogen and oxygen atoms in total. The number of esters is 2. The van der Waals surface area contributed by atoms with Crippen molar-refractivity contribution in [1.29, 1.82) is 0 Å². The first kappa shape index (κ1) is 20.2. The van der Waals surface area contributed by atoms with Gasteiger partial charge in [0, 0.05) is 4.88 Å². The van der Waals surface area contributed by atoms with E-state index in [2.05, 4.69) is 5.32 Å². The molecule has 3 rings (SSSR count). The predicted molar refractivity (Wildman–Crippen MR) is 98.0 cm³/mol. The van der Waals surface area contributed by atoms with Crippen LogP contribution in [0.15, 0.2) is 12.1 Å². The van der Waals surface area contributed by atoms with Crippen LogP contribution in [0.25, 0.3) is 0 Å². The van der Waals surface area contributed by atoms with Crippen molar-refractivity contribution in [2.45, 2.75) is 19.3 Å². The van der Waals surface area contributed by atoms with Crippen molar-refractivity contribution in [3.05, 3.63) is 50.4 Å². The summed E-state index contributed by atoms with van der Waals surface area (Å²) in [6.45, 7) is -0.697. The van der Waals surface area contributed by atoms with Gasteiger partial charge in [0.05, 0.1) is 23.3 Å². The lowest BCUT2D eigenvalue weighted by Gasteiger charge is -2.09. The number of amides is 1. The monoisotopic (exact) mass is 429 g/mol. The first-order valence-electron chi connectivity index (χ1n) is 8.16. The number of thiophene rings is 1. The van der Waals surface area contributed by atoms with Crippen LogP contribution in [0.2, 0.25) is 5.02 Å². The van der Waals surface area contributed by atoms with Crippen LogP contribution in [-0.4, -0.2) is 31.6 Å². The molecule has 0 aliphatic heterocycles. The van der Waals surface area contributed by atoms with Crippen LogP contribution in [0.1, 0.15) is 37.6 Å². The van der Waals surface area contributed by atoms with Gasteiger partial charge in [-0.25, -0.2) is 18.4 Å². The minimum Gasteiger partial charge on any atom is -0.465 e. The molecule has 1 amide bonds. The number of aryl methyl sites for hydroxylation is 1. The fourth-order valence-electron chi connectivity index (χ4n) is 2.86. The quantitative estimate of drug-likeness (QED) is 0.578. The summed E-state index contributed by atoms with van der Waals surface area (Å²) >= 11 is 6.97. The lowest BCUT2D eigenvalue weighted by atomic mass is 10.1. The van der Waals surface area contributed by atoms with Crippen molar-refractivity contribution < 1.29 is 32.6 Å². The lowest BCUT2D eigenvalue weighted by Crippen LogP contribution is -2.22. The van der Waals surface area contributed by atoms with E-state index in [4.69, 9.17) is 21.1 Å². The largest absolute Gasteiger partial charge is 0.465 e. The molecule has 2 aromatic rings. The van der Waals surface area contributed by atoms with Gasteiger partial charge in [-0.15, -0.1) is 11.3 Å². The van der Waals surface area contributed by atoms with Gasteiger partial charge < -0.3 is 14.8 Å². The molecule has 1 heterocycles. The van der Waals surface area contributed by atoms with Gasteiger partial charge >= 0.3 is 11.9 Å². The standard InChI is InChI=1S/C18H14ClF2NO5S/c1-26-18(25)15-8-3-2-4-13(8)28-16(15)22-14(23)7-27-17(24)9-5-11(20)12(21)6-10(9)19/h5-6H,2-4,7H2,1H3,(H,22,23). The van der Waals surface area contributed by atoms with Crippen LogP contribution in [0.4, 0.5) is 13.8 Å². The van der Waals surface area contributed by atoms with Crippen LogP contribution in [0.3, 0.4) is 0 Å². The summed E-state index contributed by atoms with van der Waals surface area (Å²) in [5.41, 5.74) is 0.764. The molecule has 1 aliphatic rings. The predicted octanol–water partition coefficient (Wildman–Crippen LogP) is 3.75. The number of ether oxygens (including phenoxy) is 2. The summed E-state index contributed by atoms with van der Waals surface area (Å²) in [5, 5.41) is 2.51. The molecule has 0 bridgehead atoms. The maximum atomic E-state index is 13.3. The molecular formula is C18H14ClF2NO5S. The van der Waals surface area contributed by atoms with Crippen molar-refractivity contribution in [1.82, 2.24) is 0 Å². The second-order valence-corrected chi connectivity index (χ2v) is 7.44. The zero-order chi connectivity index (χ0) is 20.4. The van der Waals surface area contributed by atoms with Crippen LogP contribution >= 0.6 is 22.9 Å². The third-order valence-electron chi connectivity index (χ3n) is 4.13. The zero-order valence-corrected chi connectivity index (χ0v) is 16.1. The molecule has 148 valence electrons. The summed E-state index contributed by atoms with van der Waals surface area (Å²) in [6.07, 6.45) is 2.45. The van der Waals surface area contributed by atoms with E-state index < -0.39 is 41.7 Å². The number of carbonyl (C=O) groups is 3. The maximum absolute atomic E-state index is 13.3. The van der Waals surface area contributed by atoms with E-state index in [0.29, 0.717) is 22.7 Å². The minimum absolute atomic E-state index is 0.309. The third kappa shape index (κ3) is 4.00. The SMILES string of the molecule is COC(=O)c1c(NC(=O)COC(=O)c2cc(F)c(F)cc2Cl)sc2c1CCC2. The number of hydrogen-bond acceptors (Lipinski definition) is 6. The summed E-state index contributed by atoms with van der Waals surface area (Å²) in [7, 11) is 1.25. The number of fused-ring (bicyclic) bond motifs is 1. The maximum Gasteiger partial charge on any atom is 0.341 e. The van der Waals surface area contributed by atoms with Crippen molar-refractivity contribution in [3.63, 3.8) is 0 Å². The molecule has 0 spiro atoms. The summed E-state index contributed by atoms with van der Waals surface area (Å²) in [6, 6.07) is 1.24. The number of carbonyl (C=O) groups excluding carboxylic acids is 3. The van der Waals surface area contributed by atoms with E-state index in [1.165, 1.54) is 18.4 Å². The number of benzene rings is 1. The van der Waals surface area contributed by atoms with E-state index in [0.717, 1.165) is 29.7 Å². The Morgan fingerprint density at radius 3 is 2.61 bits per heavy atom. The highest BCUT2D eigenvalue weighted by molar-refractivity contribution is 7.17. The average molecular weight is 430 g/mol. The molecule has 10 heteroatoms. The Morgan fingerprint density at radius 1 is 1.18 bits per heavy atom. The van der Waals surface area contributed by atoms with Crippen molar-refractivity contribution in [2.75, 3.05) is 19.0 Å². The molecule has 0 saturated heterocycles. The lowest BCUT2D eigenvalue weighted by molar-refractivity contribution is -0.119. The molecule has 0 saturated carbocycles. The Morgan fingerprint density at radius 2 is 1.89 bits per heavy atom. The molecule has 1 aromatic carbocycles. The van der Waals surface area contributed by atoms with Gasteiger partial charge in [0.15, 0.2) is 18.2 Å². The minimum atomic E-state index is -1.27. The highest BCUT2D eigenvalue weighted by Gasteiger charge is 2.28. The van der Waals surface area contributed by atoms with Gasteiger partial charge in [0.1, 0.15) is 5.00 Å². The smallest absolute Gasteiger partial charge is 0.341 e. The molecule has 0 fully saturated rings. The van der Waals surface area contributed by atoms with Gasteiger partial charge in [0.2, 0.25) is 0 Å². The number of anilines is 1. The second-order valence-electron chi connectivity index (χ2n) is 5.92. The molecular weight excluding hydrogens is 416 g/mol. The van der Waals surface area contributed by atoms with E-state index in [1.54, 1.807) is 0 Å². The fraction of sp³-hybridized carbons (Fsp3) is 0.278. The van der Waals surface area contributed by atoms with Crippen LogP contribution in [0.5, 0.6) is 0 Å². The van der Waals surface area contributed by atoms with Crippen molar-refractivity contribution >= 4 is 45.8 Å². The van der Waals surface area contributed by atoms with E-state index in [9.17, 15) is 23.2 Å². The zero-order valence-electron chi connectivity index (χ0n) is 14.6. The first-order chi connectivity index (χ1) is 13.3. The second kappa shape index (κ2) is 8.24. The summed E-state index contributed by atoms with van der Waals surface area (Å²) < 4.78 is 35.9. The molecule has 1 aromatic heterocycles. The Labute approximate surface area is 167 Å². The molecule has 1 aliphatic carbocycles. The van der Waals surface area contributed by atoms with E-state index in [1.807, 2.05) is 0 Å². The average Bonchev–Trinajstić information content (AvgIpc) is 3.22. The summed E-state index contributed by atoms with van der Waals surface area (Å²) in [4.78, 5) is 37.2. The van der Waals surface area contributed by atoms with E-state index in [-0.39, 0.29) is 5.02 Å². The van der Waals surface area contributed by atoms with Gasteiger partial charge in [0.25, 0.3) is 5.91 Å². The third-order valence-corrected chi connectivity index (χ3v) is 5.65. The number of nitrogens with one attached hydrogen (secondary N) is 1. The van der Waals surface area contributed by atoms with Gasteiger partial charge in [-0.1, -0.05) is 11.6 Å². The van der Waals surface area contributed by atoms with E-state index >= 15 is 0 Å². The molecule has 0 radical (unpaired) electrons. The van der Waals surface area contributed by atoms with Crippen molar-refractivity contribution in [3.8, 4) is 0 Å². The number of rotatable bonds is 5. The van der Waals surface area contributed by atoms with Crippen LogP contribution in [0, 0.1) is 11.6 Å². The normalized spacial score (nSPS) is 12.4. The summed E-state index contributed by atoms with van der Waals surface area (Å²) in [5.74, 6) is -4.81. The van der Waals surface area contributed by atoms with Crippen LogP contribution in [-0.2, 0) is 27.1 Å². The van der Waals surface area contributed by atoms with Gasteiger partial charge in [-0.05, 0) is 37.0 Å². The van der Waals surface area contributed by atoms with Gasteiger partial charge in [-0.3, -0.25) is 4.79 Å².